The number of hydrogen-bond acceptors (Lipinski definition) is 1. The highest BCUT2D eigenvalue weighted by Gasteiger charge is 1.92. The van der Waals surface area contributed by atoms with Crippen molar-refractivity contribution in [2.24, 2.45) is 0 Å². The number of nitrogens with zero attached hydrogens (tertiary/aromatic N) is 1. The molecule has 1 rings (SSSR count). The molecule has 50 valence electrons. The van der Waals surface area contributed by atoms with Crippen molar-refractivity contribution >= 4 is 39.7 Å². The Morgan fingerprint density at radius 1 is 1.30 bits per heavy atom. The molecule has 0 saturated heterocycles. The first-order chi connectivity index (χ1) is 4.88. The first kappa shape index (κ1) is 7.60. The lowest BCUT2D eigenvalue weighted by molar-refractivity contribution is 1.41. The molecule has 0 aliphatic heterocycles. The van der Waals surface area contributed by atoms with Gasteiger partial charge >= 0.3 is 0 Å². The zero-order valence-corrected chi connectivity index (χ0v) is 7.28. The Morgan fingerprint density at radius 2 is 2.10 bits per heavy atom. The summed E-state index contributed by atoms with van der Waals surface area (Å²) in [4.78, 5) is 4.15. The molecule has 1 heterocycles. The fraction of sp³-hybridized carbons (Fsp3) is 0. The van der Waals surface area contributed by atoms with E-state index >= 15 is 0 Å². The fourth-order valence-electron chi connectivity index (χ4n) is 0.634. The normalized spacial score (nSPS) is 10.4. The molecule has 0 aromatic carbocycles. The van der Waals surface area contributed by atoms with Crippen LogP contribution in [0.2, 0.25) is 0 Å². The van der Waals surface area contributed by atoms with Crippen molar-refractivity contribution in [3.63, 3.8) is 0 Å². The zero-order valence-electron chi connectivity index (χ0n) is 5.49. The Bertz CT molecular complexity index is 231. The number of aromatic nitrogens is 1. The summed E-state index contributed by atoms with van der Waals surface area (Å²) < 4.78 is 0. The predicted molar refractivity (Wildman–Crippen MR) is 51.6 cm³/mol. The molecule has 0 atom stereocenters. The summed E-state index contributed by atoms with van der Waals surface area (Å²) in [6, 6.07) is 3.94. The minimum atomic E-state index is 0.970. The monoisotopic (exact) mass is 167 g/mol. The molecule has 1 aromatic rings. The van der Waals surface area contributed by atoms with Crippen LogP contribution in [0.5, 0.6) is 0 Å². The topological polar surface area (TPSA) is 12.9 Å². The molecule has 0 fully saturated rings. The van der Waals surface area contributed by atoms with E-state index in [1.54, 1.807) is 6.20 Å². The van der Waals surface area contributed by atoms with E-state index in [1.807, 2.05) is 12.1 Å². The van der Waals surface area contributed by atoms with Gasteiger partial charge in [-0.05, 0) is 12.1 Å². The van der Waals surface area contributed by atoms with Crippen molar-refractivity contribution in [3.05, 3.63) is 18.3 Å². The number of hydrogen-bond donors (Lipinski definition) is 0. The van der Waals surface area contributed by atoms with Gasteiger partial charge in [0, 0.05) is 11.5 Å². The van der Waals surface area contributed by atoms with Gasteiger partial charge in [0.2, 0.25) is 0 Å². The van der Waals surface area contributed by atoms with Crippen LogP contribution in [0.1, 0.15) is 0 Å². The lowest BCUT2D eigenvalue weighted by Crippen LogP contribution is -2.15. The van der Waals surface area contributed by atoms with Crippen molar-refractivity contribution < 1.29 is 0 Å². The quantitative estimate of drug-likeness (QED) is 0.601. The van der Waals surface area contributed by atoms with Crippen LogP contribution in [0.4, 0.5) is 0 Å². The van der Waals surface area contributed by atoms with Gasteiger partial charge in [-0.1, -0.05) is 29.0 Å². The molecule has 0 N–H and O–H groups in total. The number of pyridine rings is 1. The van der Waals surface area contributed by atoms with Gasteiger partial charge in [0.05, 0.1) is 0 Å². The molecule has 0 unspecified atom stereocenters. The van der Waals surface area contributed by atoms with Crippen molar-refractivity contribution in [3.8, 4) is 0 Å². The van der Waals surface area contributed by atoms with Gasteiger partial charge in [-0.2, -0.15) is 0 Å². The summed E-state index contributed by atoms with van der Waals surface area (Å²) in [6.07, 6.45) is 9.29. The molecular weight excluding hydrogens is 160 g/mol. The average Bonchev–Trinajstić information content (AvgIpc) is 2.04. The summed E-state index contributed by atoms with van der Waals surface area (Å²) in [5.41, 5.74) is 1.03. The van der Waals surface area contributed by atoms with Crippen LogP contribution in [0, 0.1) is 0 Å². The molecule has 1 aromatic heterocycles. The van der Waals surface area contributed by atoms with Gasteiger partial charge in [-0.3, -0.25) is 4.98 Å². The maximum absolute atomic E-state index is 4.15. The second kappa shape index (κ2) is 3.61. The molecule has 0 amide bonds. The Morgan fingerprint density at radius 3 is 2.60 bits per heavy atom. The van der Waals surface area contributed by atoms with Gasteiger partial charge < -0.3 is 0 Å². The third kappa shape index (κ3) is 1.50. The van der Waals surface area contributed by atoms with Crippen molar-refractivity contribution in [1.82, 2.24) is 4.98 Å². The smallest absolute Gasteiger partial charge is 0.101 e. The standard InChI is InChI=1S/C7H7NP2/c1-9-6-4-3-5-8-7(6)10-2/h3-5H,1-2H2. The Balaban J connectivity index is 3.20. The second-order valence-corrected chi connectivity index (χ2v) is 3.20. The Hall–Kier alpha value is -0.510. The van der Waals surface area contributed by atoms with Crippen LogP contribution < -0.4 is 10.7 Å². The molecule has 1 nitrogen and oxygen atoms in total. The molecule has 0 radical (unpaired) electrons. The van der Waals surface area contributed by atoms with Crippen LogP contribution in [0.3, 0.4) is 0 Å². The third-order valence-corrected chi connectivity index (χ3v) is 2.62. The van der Waals surface area contributed by atoms with Gasteiger partial charge in [-0.15, -0.1) is 0 Å². The first-order valence-electron chi connectivity index (χ1n) is 2.77. The third-order valence-electron chi connectivity index (χ3n) is 1.09. The van der Waals surface area contributed by atoms with Crippen molar-refractivity contribution in [1.29, 1.82) is 0 Å². The molecule has 10 heavy (non-hydrogen) atoms. The first-order valence-corrected chi connectivity index (χ1v) is 4.93. The van der Waals surface area contributed by atoms with Gasteiger partial charge in [0.1, 0.15) is 5.44 Å². The van der Waals surface area contributed by atoms with Crippen molar-refractivity contribution in [2.45, 2.75) is 0 Å². The lowest BCUT2D eigenvalue weighted by atomic mass is 10.5. The van der Waals surface area contributed by atoms with Crippen molar-refractivity contribution in [2.75, 3.05) is 0 Å². The molecular formula is C7H7NP2. The maximum atomic E-state index is 4.15. The van der Waals surface area contributed by atoms with E-state index in [-0.39, 0.29) is 0 Å². The van der Waals surface area contributed by atoms with Gasteiger partial charge in [0.25, 0.3) is 0 Å². The highest BCUT2D eigenvalue weighted by Crippen LogP contribution is 1.95. The maximum Gasteiger partial charge on any atom is 0.101 e. The summed E-state index contributed by atoms with van der Waals surface area (Å²) in [6.45, 7) is 0. The van der Waals surface area contributed by atoms with E-state index in [4.69, 9.17) is 0 Å². The highest BCUT2D eigenvalue weighted by molar-refractivity contribution is 7.52. The van der Waals surface area contributed by atoms with Crippen LogP contribution in [-0.2, 0) is 0 Å². The van der Waals surface area contributed by atoms with Crippen LogP contribution in [0.25, 0.3) is 0 Å². The molecule has 0 bridgehead atoms. The summed E-state index contributed by atoms with van der Waals surface area (Å²) >= 11 is 0. The molecule has 3 heteroatoms. The van der Waals surface area contributed by atoms with E-state index in [1.165, 1.54) is 5.30 Å². The minimum absolute atomic E-state index is 0.970. The summed E-state index contributed by atoms with van der Waals surface area (Å²) in [7, 11) is 1.99. The van der Waals surface area contributed by atoms with Crippen LogP contribution >= 0.6 is 16.4 Å². The van der Waals surface area contributed by atoms with E-state index in [9.17, 15) is 0 Å². The van der Waals surface area contributed by atoms with Crippen LogP contribution in [-0.4, -0.2) is 17.6 Å². The molecule has 0 saturated carbocycles. The van der Waals surface area contributed by atoms with Gasteiger partial charge in [-0.25, -0.2) is 0 Å². The molecule has 0 aliphatic rings. The predicted octanol–water partition coefficient (Wildman–Crippen LogP) is 1.09. The Kier molecular flexibility index (Phi) is 2.74. The molecule has 0 spiro atoms. The average molecular weight is 167 g/mol. The SMILES string of the molecule is C=Pc1cccnc1P=C. The van der Waals surface area contributed by atoms with E-state index in [2.05, 4.69) is 17.6 Å². The van der Waals surface area contributed by atoms with E-state index in [0.29, 0.717) is 0 Å². The van der Waals surface area contributed by atoms with E-state index in [0.717, 1.165) is 21.8 Å². The minimum Gasteiger partial charge on any atom is -0.251 e. The Labute approximate surface area is 63.7 Å². The summed E-state index contributed by atoms with van der Waals surface area (Å²) in [5.74, 6) is 0. The zero-order chi connectivity index (χ0) is 7.40. The second-order valence-electron chi connectivity index (χ2n) is 1.66. The van der Waals surface area contributed by atoms with Crippen LogP contribution in [0.15, 0.2) is 18.3 Å². The van der Waals surface area contributed by atoms with Gasteiger partial charge in [0.15, 0.2) is 0 Å². The fourth-order valence-corrected chi connectivity index (χ4v) is 1.83. The molecule has 0 aliphatic carbocycles. The summed E-state index contributed by atoms with van der Waals surface area (Å²) in [5, 5.41) is 1.17. The lowest BCUT2D eigenvalue weighted by Gasteiger charge is -1.94. The largest absolute Gasteiger partial charge is 0.251 e. The highest BCUT2D eigenvalue weighted by atomic mass is 31.1. The van der Waals surface area contributed by atoms with E-state index < -0.39 is 0 Å². The number of rotatable bonds is 2.